The molecule has 2 aliphatic rings. The number of halogens is 1. The molecular weight excluding hydrogens is 371 g/mol. The van der Waals surface area contributed by atoms with Crippen LogP contribution in [0, 0.1) is 11.7 Å². The minimum absolute atomic E-state index is 0.112. The standard InChI is InChI=1S/C22H33FN4O2/c1-16-6-3-4-9-20(16)25-22(29)17(2)27-12-10-26(11-13-27)15-21(28)24-19-8-5-7-18(23)14-19/h5,7-8,14,16-17,20H,3-4,6,9-13,15H2,1-2H3,(H,24,28)(H,25,29)/t16-,17-,20-/m1/s1. The highest BCUT2D eigenvalue weighted by molar-refractivity contribution is 5.92. The van der Waals surface area contributed by atoms with E-state index in [1.165, 1.54) is 31.4 Å². The Kier molecular flexibility index (Phi) is 7.61. The summed E-state index contributed by atoms with van der Waals surface area (Å²) in [6, 6.07) is 6.04. The SMILES string of the molecule is C[C@@H]1CCCC[C@H]1NC(=O)[C@@H](C)N1CCN(CC(=O)Nc2cccc(F)c2)CC1. The van der Waals surface area contributed by atoms with Gasteiger partial charge in [-0.05, 0) is 43.9 Å². The summed E-state index contributed by atoms with van der Waals surface area (Å²) in [4.78, 5) is 29.2. The van der Waals surface area contributed by atoms with Gasteiger partial charge < -0.3 is 10.6 Å². The Bertz CT molecular complexity index is 706. The molecule has 1 aliphatic heterocycles. The Labute approximate surface area is 172 Å². The highest BCUT2D eigenvalue weighted by atomic mass is 19.1. The zero-order valence-electron chi connectivity index (χ0n) is 17.5. The van der Waals surface area contributed by atoms with Crippen LogP contribution in [0.4, 0.5) is 10.1 Å². The summed E-state index contributed by atoms with van der Waals surface area (Å²) in [7, 11) is 0. The van der Waals surface area contributed by atoms with E-state index in [1.54, 1.807) is 12.1 Å². The molecule has 2 N–H and O–H groups in total. The summed E-state index contributed by atoms with van der Waals surface area (Å²) >= 11 is 0. The zero-order valence-corrected chi connectivity index (χ0v) is 17.5. The lowest BCUT2D eigenvalue weighted by atomic mass is 9.86. The fourth-order valence-corrected chi connectivity index (χ4v) is 4.28. The first-order valence-electron chi connectivity index (χ1n) is 10.7. The van der Waals surface area contributed by atoms with E-state index in [0.29, 0.717) is 17.6 Å². The monoisotopic (exact) mass is 404 g/mol. The van der Waals surface area contributed by atoms with Crippen LogP contribution >= 0.6 is 0 Å². The van der Waals surface area contributed by atoms with Crippen LogP contribution in [0.3, 0.4) is 0 Å². The third-order valence-electron chi connectivity index (χ3n) is 6.25. The molecule has 0 spiro atoms. The van der Waals surface area contributed by atoms with Crippen molar-refractivity contribution in [3.8, 4) is 0 Å². The number of rotatable bonds is 6. The summed E-state index contributed by atoms with van der Waals surface area (Å²) in [5.41, 5.74) is 0.468. The second kappa shape index (κ2) is 10.2. The Morgan fingerprint density at radius 1 is 1.17 bits per heavy atom. The number of nitrogens with zero attached hydrogens (tertiary/aromatic N) is 2. The normalized spacial score (nSPS) is 24.7. The average Bonchev–Trinajstić information content (AvgIpc) is 2.69. The van der Waals surface area contributed by atoms with Crippen LogP contribution in [0.1, 0.15) is 39.5 Å². The number of hydrogen-bond donors (Lipinski definition) is 2. The predicted molar refractivity (Wildman–Crippen MR) is 112 cm³/mol. The number of carbonyl (C=O) groups excluding carboxylic acids is 2. The minimum atomic E-state index is -0.369. The molecule has 1 saturated heterocycles. The largest absolute Gasteiger partial charge is 0.352 e. The summed E-state index contributed by atoms with van der Waals surface area (Å²) in [6.45, 7) is 7.42. The molecule has 0 bridgehead atoms. The lowest BCUT2D eigenvalue weighted by Gasteiger charge is -2.38. The van der Waals surface area contributed by atoms with Crippen molar-refractivity contribution < 1.29 is 14.0 Å². The van der Waals surface area contributed by atoms with E-state index < -0.39 is 0 Å². The second-order valence-corrected chi connectivity index (χ2v) is 8.42. The van der Waals surface area contributed by atoms with E-state index >= 15 is 0 Å². The van der Waals surface area contributed by atoms with E-state index in [1.807, 2.05) is 6.92 Å². The first-order valence-corrected chi connectivity index (χ1v) is 10.7. The highest BCUT2D eigenvalue weighted by Crippen LogP contribution is 2.24. The maximum Gasteiger partial charge on any atom is 0.238 e. The number of carbonyl (C=O) groups is 2. The van der Waals surface area contributed by atoms with E-state index in [4.69, 9.17) is 0 Å². The smallest absolute Gasteiger partial charge is 0.238 e. The molecule has 0 unspecified atom stereocenters. The summed E-state index contributed by atoms with van der Waals surface area (Å²) in [6.07, 6.45) is 4.72. The molecule has 1 heterocycles. The third-order valence-corrected chi connectivity index (χ3v) is 6.25. The van der Waals surface area contributed by atoms with Crippen LogP contribution in [0.2, 0.25) is 0 Å². The van der Waals surface area contributed by atoms with E-state index in [-0.39, 0.29) is 30.2 Å². The molecular formula is C22H33FN4O2. The Balaban J connectivity index is 1.41. The van der Waals surface area contributed by atoms with Gasteiger partial charge in [-0.3, -0.25) is 19.4 Å². The van der Waals surface area contributed by atoms with Crippen molar-refractivity contribution in [1.29, 1.82) is 0 Å². The first-order chi connectivity index (χ1) is 13.9. The van der Waals surface area contributed by atoms with Crippen LogP contribution in [0.25, 0.3) is 0 Å². The Morgan fingerprint density at radius 2 is 1.90 bits per heavy atom. The maximum atomic E-state index is 13.2. The molecule has 29 heavy (non-hydrogen) atoms. The van der Waals surface area contributed by atoms with Gasteiger partial charge in [0.2, 0.25) is 11.8 Å². The van der Waals surface area contributed by atoms with Crippen molar-refractivity contribution in [2.75, 3.05) is 38.0 Å². The van der Waals surface area contributed by atoms with Crippen LogP contribution < -0.4 is 10.6 Å². The van der Waals surface area contributed by atoms with Crippen molar-refractivity contribution in [1.82, 2.24) is 15.1 Å². The van der Waals surface area contributed by atoms with E-state index in [9.17, 15) is 14.0 Å². The molecule has 6 nitrogen and oxygen atoms in total. The van der Waals surface area contributed by atoms with Crippen molar-refractivity contribution in [2.24, 2.45) is 5.92 Å². The van der Waals surface area contributed by atoms with Crippen molar-refractivity contribution in [3.05, 3.63) is 30.1 Å². The van der Waals surface area contributed by atoms with E-state index in [2.05, 4.69) is 27.4 Å². The zero-order chi connectivity index (χ0) is 20.8. The molecule has 160 valence electrons. The molecule has 0 radical (unpaired) electrons. The molecule has 1 aliphatic carbocycles. The molecule has 3 rings (SSSR count). The lowest BCUT2D eigenvalue weighted by Crippen LogP contribution is -2.56. The first kappa shape index (κ1) is 21.7. The van der Waals surface area contributed by atoms with Gasteiger partial charge in [-0.25, -0.2) is 4.39 Å². The second-order valence-electron chi connectivity index (χ2n) is 8.42. The fraction of sp³-hybridized carbons (Fsp3) is 0.636. The fourth-order valence-electron chi connectivity index (χ4n) is 4.28. The quantitative estimate of drug-likeness (QED) is 0.765. The number of anilines is 1. The maximum absolute atomic E-state index is 13.2. The van der Waals surface area contributed by atoms with Gasteiger partial charge in [-0.2, -0.15) is 0 Å². The molecule has 0 aromatic heterocycles. The van der Waals surface area contributed by atoms with Crippen molar-refractivity contribution in [3.63, 3.8) is 0 Å². The van der Waals surface area contributed by atoms with Gasteiger partial charge in [0.25, 0.3) is 0 Å². The van der Waals surface area contributed by atoms with Gasteiger partial charge in [0.1, 0.15) is 5.82 Å². The Morgan fingerprint density at radius 3 is 2.59 bits per heavy atom. The minimum Gasteiger partial charge on any atom is -0.352 e. The van der Waals surface area contributed by atoms with Gasteiger partial charge in [0.15, 0.2) is 0 Å². The van der Waals surface area contributed by atoms with Gasteiger partial charge in [-0.15, -0.1) is 0 Å². The molecule has 1 aromatic rings. The van der Waals surface area contributed by atoms with Gasteiger partial charge >= 0.3 is 0 Å². The highest BCUT2D eigenvalue weighted by Gasteiger charge is 2.29. The summed E-state index contributed by atoms with van der Waals surface area (Å²) < 4.78 is 13.2. The van der Waals surface area contributed by atoms with Crippen LogP contribution in [0.15, 0.2) is 24.3 Å². The van der Waals surface area contributed by atoms with Crippen LogP contribution in [-0.4, -0.2) is 66.4 Å². The number of nitrogens with one attached hydrogen (secondary N) is 2. The van der Waals surface area contributed by atoms with Gasteiger partial charge in [-0.1, -0.05) is 25.8 Å². The number of piperazine rings is 1. The Hall–Kier alpha value is -1.99. The molecule has 2 fully saturated rings. The van der Waals surface area contributed by atoms with Crippen molar-refractivity contribution >= 4 is 17.5 Å². The summed E-state index contributed by atoms with van der Waals surface area (Å²) in [5, 5.41) is 5.99. The predicted octanol–water partition coefficient (Wildman–Crippen LogP) is 2.47. The number of benzene rings is 1. The average molecular weight is 405 g/mol. The molecule has 2 amide bonds. The number of amides is 2. The van der Waals surface area contributed by atoms with Crippen LogP contribution in [0.5, 0.6) is 0 Å². The summed E-state index contributed by atoms with van der Waals surface area (Å²) in [5.74, 6) is 0.141. The lowest BCUT2D eigenvalue weighted by molar-refractivity contribution is -0.128. The molecule has 1 saturated carbocycles. The van der Waals surface area contributed by atoms with Gasteiger partial charge in [0.05, 0.1) is 12.6 Å². The van der Waals surface area contributed by atoms with E-state index in [0.717, 1.165) is 32.6 Å². The third kappa shape index (κ3) is 6.24. The topological polar surface area (TPSA) is 64.7 Å². The molecule has 3 atom stereocenters. The molecule has 7 heteroatoms. The van der Waals surface area contributed by atoms with Crippen molar-refractivity contribution in [2.45, 2.75) is 51.6 Å². The van der Waals surface area contributed by atoms with Crippen LogP contribution in [-0.2, 0) is 9.59 Å². The van der Waals surface area contributed by atoms with Gasteiger partial charge in [0, 0.05) is 37.9 Å². The molecule has 1 aromatic carbocycles. The number of hydrogen-bond acceptors (Lipinski definition) is 4.